The number of halogens is 3. The lowest BCUT2D eigenvalue weighted by Crippen LogP contribution is -2.13. The van der Waals surface area contributed by atoms with E-state index >= 15 is 0 Å². The molecule has 8 heteroatoms. The highest BCUT2D eigenvalue weighted by Gasteiger charge is 2.17. The second kappa shape index (κ2) is 6.73. The van der Waals surface area contributed by atoms with Gasteiger partial charge in [0.25, 0.3) is 10.0 Å². The monoisotopic (exact) mass is 363 g/mol. The van der Waals surface area contributed by atoms with E-state index in [1.165, 1.54) is 30.3 Å². The molecule has 0 aliphatic rings. The predicted molar refractivity (Wildman–Crippen MR) is 84.8 cm³/mol. The summed E-state index contributed by atoms with van der Waals surface area (Å²) in [4.78, 5) is -0.112. The Kier molecular flexibility index (Phi) is 5.16. The summed E-state index contributed by atoms with van der Waals surface area (Å²) in [5.74, 6) is -0.609. The van der Waals surface area contributed by atoms with Gasteiger partial charge in [0, 0.05) is 16.1 Å². The normalized spacial score (nSPS) is 11.3. The summed E-state index contributed by atoms with van der Waals surface area (Å²) in [6.45, 7) is 2.03. The van der Waals surface area contributed by atoms with Gasteiger partial charge in [0.15, 0.2) is 11.6 Å². The van der Waals surface area contributed by atoms with Gasteiger partial charge in [-0.15, -0.1) is 0 Å². The fourth-order valence-electron chi connectivity index (χ4n) is 1.73. The Morgan fingerprint density at radius 1 is 1.14 bits per heavy atom. The summed E-state index contributed by atoms with van der Waals surface area (Å²) < 4.78 is 45.5. The molecular weight excluding hydrogens is 352 g/mol. The van der Waals surface area contributed by atoms with E-state index in [4.69, 9.17) is 27.9 Å². The summed E-state index contributed by atoms with van der Waals surface area (Å²) in [6, 6.07) is 7.70. The van der Waals surface area contributed by atoms with Crippen LogP contribution in [0.1, 0.15) is 6.92 Å². The average Bonchev–Trinajstić information content (AvgIpc) is 2.40. The van der Waals surface area contributed by atoms with Crippen LogP contribution in [-0.2, 0) is 10.0 Å². The molecule has 0 unspecified atom stereocenters. The number of hydrogen-bond donors (Lipinski definition) is 1. The maximum atomic E-state index is 13.7. The zero-order chi connectivity index (χ0) is 16.3. The lowest BCUT2D eigenvalue weighted by molar-refractivity contribution is 0.321. The van der Waals surface area contributed by atoms with Crippen LogP contribution in [0.4, 0.5) is 10.1 Å². The van der Waals surface area contributed by atoms with Crippen molar-refractivity contribution in [3.05, 3.63) is 52.3 Å². The van der Waals surface area contributed by atoms with Gasteiger partial charge in [-0.3, -0.25) is 4.72 Å². The third-order valence-corrected chi connectivity index (χ3v) is 4.43. The van der Waals surface area contributed by atoms with Gasteiger partial charge in [-0.2, -0.15) is 0 Å². The first-order valence-corrected chi connectivity index (χ1v) is 8.47. The van der Waals surface area contributed by atoms with Crippen LogP contribution in [0.5, 0.6) is 5.75 Å². The molecule has 0 radical (unpaired) electrons. The molecule has 0 saturated heterocycles. The molecule has 0 spiro atoms. The van der Waals surface area contributed by atoms with Gasteiger partial charge in [0.2, 0.25) is 0 Å². The molecule has 0 aromatic heterocycles. The SMILES string of the molecule is CCOc1ccc(NS(=O)(=O)c2cc(Cl)cc(Cl)c2)cc1F. The number of anilines is 1. The Morgan fingerprint density at radius 3 is 2.32 bits per heavy atom. The van der Waals surface area contributed by atoms with E-state index in [9.17, 15) is 12.8 Å². The lowest BCUT2D eigenvalue weighted by atomic mass is 10.3. The molecule has 2 aromatic carbocycles. The Balaban J connectivity index is 2.30. The number of ether oxygens (including phenoxy) is 1. The van der Waals surface area contributed by atoms with E-state index < -0.39 is 15.8 Å². The molecule has 0 atom stereocenters. The van der Waals surface area contributed by atoms with Gasteiger partial charge in [-0.25, -0.2) is 12.8 Å². The van der Waals surface area contributed by atoms with Crippen LogP contribution in [0.15, 0.2) is 41.3 Å². The van der Waals surface area contributed by atoms with Gasteiger partial charge >= 0.3 is 0 Å². The van der Waals surface area contributed by atoms with Crippen LogP contribution >= 0.6 is 23.2 Å². The van der Waals surface area contributed by atoms with Crippen molar-refractivity contribution in [1.82, 2.24) is 0 Å². The van der Waals surface area contributed by atoms with Crippen molar-refractivity contribution in [2.75, 3.05) is 11.3 Å². The van der Waals surface area contributed by atoms with Crippen molar-refractivity contribution in [3.8, 4) is 5.75 Å². The Bertz CT molecular complexity index is 776. The molecule has 0 aliphatic heterocycles. The van der Waals surface area contributed by atoms with Crippen molar-refractivity contribution in [2.45, 2.75) is 11.8 Å². The van der Waals surface area contributed by atoms with Gasteiger partial charge < -0.3 is 4.74 Å². The molecule has 0 fully saturated rings. The maximum Gasteiger partial charge on any atom is 0.261 e. The number of hydrogen-bond acceptors (Lipinski definition) is 3. The van der Waals surface area contributed by atoms with E-state index in [1.54, 1.807) is 6.92 Å². The summed E-state index contributed by atoms with van der Waals surface area (Å²) in [5, 5.41) is 0.372. The summed E-state index contributed by atoms with van der Waals surface area (Å²) in [7, 11) is -3.93. The minimum absolute atomic E-state index is 0.0521. The molecule has 4 nitrogen and oxygen atoms in total. The third-order valence-electron chi connectivity index (χ3n) is 2.63. The second-order valence-electron chi connectivity index (χ2n) is 4.29. The summed E-state index contributed by atoms with van der Waals surface area (Å²) in [6.07, 6.45) is 0. The van der Waals surface area contributed by atoms with Crippen LogP contribution < -0.4 is 9.46 Å². The molecule has 0 saturated carbocycles. The van der Waals surface area contributed by atoms with E-state index in [0.29, 0.717) is 6.61 Å². The van der Waals surface area contributed by atoms with Crippen molar-refractivity contribution in [2.24, 2.45) is 0 Å². The molecule has 22 heavy (non-hydrogen) atoms. The molecular formula is C14H12Cl2FNO3S. The predicted octanol–water partition coefficient (Wildman–Crippen LogP) is 4.33. The Morgan fingerprint density at radius 2 is 1.77 bits per heavy atom. The number of sulfonamides is 1. The van der Waals surface area contributed by atoms with Gasteiger partial charge in [0.1, 0.15) is 0 Å². The fourth-order valence-corrected chi connectivity index (χ4v) is 3.51. The van der Waals surface area contributed by atoms with Gasteiger partial charge in [0.05, 0.1) is 17.2 Å². The number of nitrogens with one attached hydrogen (secondary N) is 1. The first-order chi connectivity index (χ1) is 10.3. The van der Waals surface area contributed by atoms with Crippen LogP contribution in [0.25, 0.3) is 0 Å². The summed E-state index contributed by atoms with van der Waals surface area (Å²) >= 11 is 11.6. The van der Waals surface area contributed by atoms with Crippen molar-refractivity contribution >= 4 is 38.9 Å². The number of benzene rings is 2. The third kappa shape index (κ3) is 4.03. The first kappa shape index (κ1) is 16.9. The number of rotatable bonds is 5. The van der Waals surface area contributed by atoms with Crippen LogP contribution in [0, 0.1) is 5.82 Å². The maximum absolute atomic E-state index is 13.7. The van der Waals surface area contributed by atoms with Gasteiger partial charge in [-0.1, -0.05) is 23.2 Å². The largest absolute Gasteiger partial charge is 0.491 e. The molecule has 2 rings (SSSR count). The van der Waals surface area contributed by atoms with E-state index in [-0.39, 0.29) is 26.4 Å². The second-order valence-corrected chi connectivity index (χ2v) is 6.84. The molecule has 0 amide bonds. The van der Waals surface area contributed by atoms with Crippen LogP contribution in [-0.4, -0.2) is 15.0 Å². The fraction of sp³-hybridized carbons (Fsp3) is 0.143. The quantitative estimate of drug-likeness (QED) is 0.859. The van der Waals surface area contributed by atoms with Crippen LogP contribution in [0.2, 0.25) is 10.0 Å². The van der Waals surface area contributed by atoms with Crippen LogP contribution in [0.3, 0.4) is 0 Å². The highest BCUT2D eigenvalue weighted by molar-refractivity contribution is 7.92. The highest BCUT2D eigenvalue weighted by atomic mass is 35.5. The Labute approximate surface area is 137 Å². The zero-order valence-electron chi connectivity index (χ0n) is 11.4. The molecule has 0 aliphatic carbocycles. The van der Waals surface area contributed by atoms with E-state index in [0.717, 1.165) is 6.07 Å². The van der Waals surface area contributed by atoms with Crippen molar-refractivity contribution in [1.29, 1.82) is 0 Å². The highest BCUT2D eigenvalue weighted by Crippen LogP contribution is 2.26. The summed E-state index contributed by atoms with van der Waals surface area (Å²) in [5.41, 5.74) is 0.0667. The van der Waals surface area contributed by atoms with Crippen molar-refractivity contribution < 1.29 is 17.5 Å². The molecule has 0 bridgehead atoms. The Hall–Kier alpha value is -1.50. The smallest absolute Gasteiger partial charge is 0.261 e. The van der Waals surface area contributed by atoms with Gasteiger partial charge in [-0.05, 0) is 37.3 Å². The minimum Gasteiger partial charge on any atom is -0.491 e. The van der Waals surface area contributed by atoms with Crippen molar-refractivity contribution in [3.63, 3.8) is 0 Å². The first-order valence-electron chi connectivity index (χ1n) is 6.23. The standard InChI is InChI=1S/C14H12Cl2FNO3S/c1-2-21-14-4-3-11(8-13(14)17)18-22(19,20)12-6-9(15)5-10(16)7-12/h3-8,18H,2H2,1H3. The molecule has 0 heterocycles. The average molecular weight is 364 g/mol. The van der Waals surface area contributed by atoms with E-state index in [2.05, 4.69) is 4.72 Å². The van der Waals surface area contributed by atoms with E-state index in [1.807, 2.05) is 0 Å². The molecule has 1 N–H and O–H groups in total. The lowest BCUT2D eigenvalue weighted by Gasteiger charge is -2.10. The molecule has 2 aromatic rings. The topological polar surface area (TPSA) is 55.4 Å². The minimum atomic E-state index is -3.93. The zero-order valence-corrected chi connectivity index (χ0v) is 13.8. The molecule has 118 valence electrons.